The Morgan fingerprint density at radius 3 is 2.71 bits per heavy atom. The Morgan fingerprint density at radius 1 is 1.29 bits per heavy atom. The van der Waals surface area contributed by atoms with E-state index in [0.717, 1.165) is 36.3 Å². The summed E-state index contributed by atoms with van der Waals surface area (Å²) >= 11 is 0. The summed E-state index contributed by atoms with van der Waals surface area (Å²) in [7, 11) is -1.77. The van der Waals surface area contributed by atoms with E-state index >= 15 is 0 Å². The lowest BCUT2D eigenvalue weighted by Crippen LogP contribution is -2.58. The second-order valence-electron chi connectivity index (χ2n) is 9.38. The molecule has 5 nitrogen and oxygen atoms in total. The van der Waals surface area contributed by atoms with Crippen LogP contribution in [0.5, 0.6) is 0 Å². The van der Waals surface area contributed by atoms with E-state index in [0.29, 0.717) is 11.6 Å². The molecule has 150 valence electrons. The Hall–Kier alpha value is -1.94. The van der Waals surface area contributed by atoms with Gasteiger partial charge < -0.3 is 14.6 Å². The largest absolute Gasteiger partial charge is 0.415 e. The van der Waals surface area contributed by atoms with Crippen molar-refractivity contribution in [2.24, 2.45) is 0 Å². The number of hydrogen-bond acceptors (Lipinski definition) is 5. The summed E-state index contributed by atoms with van der Waals surface area (Å²) in [5.41, 5.74) is 2.55. The Balaban J connectivity index is 1.83. The quantitative estimate of drug-likeness (QED) is 0.781. The zero-order chi connectivity index (χ0) is 20.5. The second-order valence-corrected chi connectivity index (χ2v) is 14.2. The minimum atomic E-state index is -1.77. The van der Waals surface area contributed by atoms with Crippen LogP contribution in [0.4, 0.5) is 5.69 Å². The predicted octanol–water partition coefficient (Wildman–Crippen LogP) is 4.29. The summed E-state index contributed by atoms with van der Waals surface area (Å²) in [5, 5.41) is 14.4. The Kier molecular flexibility index (Phi) is 5.81. The van der Waals surface area contributed by atoms with E-state index in [-0.39, 0.29) is 11.1 Å². The van der Waals surface area contributed by atoms with E-state index in [1.807, 2.05) is 12.1 Å². The molecule has 1 aliphatic heterocycles. The van der Waals surface area contributed by atoms with Crippen LogP contribution in [0.1, 0.15) is 33.3 Å². The number of piperazine rings is 1. The average molecular weight is 397 g/mol. The molecule has 0 amide bonds. The normalized spacial score (nSPS) is 21.0. The highest BCUT2D eigenvalue weighted by Gasteiger charge is 2.38. The highest BCUT2D eigenvalue weighted by atomic mass is 28.4. The molecule has 1 saturated heterocycles. The van der Waals surface area contributed by atoms with Crippen molar-refractivity contribution in [1.82, 2.24) is 10.3 Å². The van der Waals surface area contributed by atoms with Gasteiger partial charge in [0.25, 0.3) is 0 Å². The van der Waals surface area contributed by atoms with Crippen molar-refractivity contribution in [2.75, 3.05) is 24.6 Å². The molecule has 0 spiro atoms. The molecular weight excluding hydrogens is 364 g/mol. The fourth-order valence-corrected chi connectivity index (χ4v) is 4.58. The third-order valence-corrected chi connectivity index (χ3v) is 10.6. The van der Waals surface area contributed by atoms with Crippen LogP contribution in [0.15, 0.2) is 30.5 Å². The van der Waals surface area contributed by atoms with Gasteiger partial charge in [-0.25, -0.2) is 0 Å². The van der Waals surface area contributed by atoms with Crippen molar-refractivity contribution in [3.8, 4) is 6.07 Å². The second kappa shape index (κ2) is 7.82. The molecule has 6 heteroatoms. The van der Waals surface area contributed by atoms with Gasteiger partial charge in [-0.05, 0) is 49.3 Å². The van der Waals surface area contributed by atoms with Gasteiger partial charge in [0.2, 0.25) is 0 Å². The highest BCUT2D eigenvalue weighted by molar-refractivity contribution is 6.74. The van der Waals surface area contributed by atoms with Crippen LogP contribution in [0.25, 0.3) is 10.9 Å². The van der Waals surface area contributed by atoms with Gasteiger partial charge >= 0.3 is 0 Å². The van der Waals surface area contributed by atoms with Crippen LogP contribution >= 0.6 is 0 Å². The lowest BCUT2D eigenvalue weighted by Gasteiger charge is -2.42. The van der Waals surface area contributed by atoms with Crippen molar-refractivity contribution >= 4 is 24.9 Å². The summed E-state index contributed by atoms with van der Waals surface area (Å²) in [6, 6.07) is 10.9. The Bertz CT molecular complexity index is 884. The van der Waals surface area contributed by atoms with E-state index < -0.39 is 8.32 Å². The van der Waals surface area contributed by atoms with Crippen molar-refractivity contribution in [1.29, 1.82) is 5.26 Å². The number of nitrogens with zero attached hydrogens (tertiary/aromatic N) is 3. The first kappa shape index (κ1) is 20.8. The molecule has 1 aliphatic rings. The average Bonchev–Trinajstić information content (AvgIpc) is 2.64. The van der Waals surface area contributed by atoms with Crippen LogP contribution in [0.2, 0.25) is 18.1 Å². The number of hydrogen-bond donors (Lipinski definition) is 1. The Labute approximate surface area is 169 Å². The molecule has 0 aliphatic carbocycles. The molecule has 3 rings (SSSR count). The van der Waals surface area contributed by atoms with Gasteiger partial charge in [-0.15, -0.1) is 0 Å². The van der Waals surface area contributed by atoms with Gasteiger partial charge in [-0.3, -0.25) is 4.98 Å². The molecule has 0 bridgehead atoms. The van der Waals surface area contributed by atoms with E-state index in [1.165, 1.54) is 0 Å². The molecule has 28 heavy (non-hydrogen) atoms. The summed E-state index contributed by atoms with van der Waals surface area (Å²) in [6.07, 6.45) is 1.75. The number of anilines is 1. The van der Waals surface area contributed by atoms with Gasteiger partial charge in [-0.1, -0.05) is 20.8 Å². The molecule has 0 saturated carbocycles. The molecule has 2 aromatic rings. The smallest absolute Gasteiger partial charge is 0.192 e. The molecule has 0 radical (unpaired) electrons. The number of aromatic nitrogens is 1. The lowest BCUT2D eigenvalue weighted by atomic mass is 10.0. The fraction of sp³-hybridized carbons (Fsp3) is 0.545. The van der Waals surface area contributed by atoms with Crippen LogP contribution in [0.3, 0.4) is 0 Å². The van der Waals surface area contributed by atoms with E-state index in [4.69, 9.17) is 4.43 Å². The SMILES string of the molecule is CC1CN(c2ccc(C#N)c3ncccc23)CC(CO[Si](C)(C)C(C)(C)C)N1. The van der Waals surface area contributed by atoms with Crippen LogP contribution < -0.4 is 10.2 Å². The number of nitriles is 1. The molecule has 2 atom stereocenters. The van der Waals surface area contributed by atoms with E-state index in [2.05, 4.69) is 74.2 Å². The van der Waals surface area contributed by atoms with Crippen molar-refractivity contribution in [3.63, 3.8) is 0 Å². The molecule has 1 aromatic carbocycles. The summed E-state index contributed by atoms with van der Waals surface area (Å²) in [5.74, 6) is 0. The first-order chi connectivity index (χ1) is 13.1. The standard InChI is InChI=1S/C22H32N4OSi/c1-16-13-26(14-18(25-16)15-27-28(5,6)22(2,3)4)20-10-9-17(12-23)21-19(20)8-7-11-24-21/h7-11,16,18,25H,13-15H2,1-6H3. The highest BCUT2D eigenvalue weighted by Crippen LogP contribution is 2.37. The first-order valence-corrected chi connectivity index (χ1v) is 13.0. The topological polar surface area (TPSA) is 61.2 Å². The number of benzene rings is 1. The van der Waals surface area contributed by atoms with E-state index in [9.17, 15) is 5.26 Å². The Morgan fingerprint density at radius 2 is 2.04 bits per heavy atom. The maximum Gasteiger partial charge on any atom is 0.192 e. The van der Waals surface area contributed by atoms with Crippen LogP contribution in [-0.2, 0) is 4.43 Å². The third kappa shape index (κ3) is 4.22. The molecule has 1 N–H and O–H groups in total. The zero-order valence-corrected chi connectivity index (χ0v) is 18.9. The van der Waals surface area contributed by atoms with Crippen LogP contribution in [-0.4, -0.2) is 45.1 Å². The molecule has 2 heterocycles. The summed E-state index contributed by atoms with van der Waals surface area (Å²) < 4.78 is 6.48. The minimum Gasteiger partial charge on any atom is -0.415 e. The van der Waals surface area contributed by atoms with Crippen molar-refractivity contribution < 1.29 is 4.43 Å². The number of fused-ring (bicyclic) bond motifs is 1. The number of nitrogens with one attached hydrogen (secondary N) is 1. The van der Waals surface area contributed by atoms with Gasteiger partial charge in [0, 0.05) is 42.4 Å². The maximum atomic E-state index is 9.41. The van der Waals surface area contributed by atoms with Gasteiger partial charge in [0.05, 0.1) is 17.7 Å². The summed E-state index contributed by atoms with van der Waals surface area (Å²) in [4.78, 5) is 6.87. The van der Waals surface area contributed by atoms with Gasteiger partial charge in [0.1, 0.15) is 6.07 Å². The lowest BCUT2D eigenvalue weighted by molar-refractivity contribution is 0.223. The van der Waals surface area contributed by atoms with Crippen molar-refractivity contribution in [2.45, 2.75) is 57.9 Å². The van der Waals surface area contributed by atoms with Crippen molar-refractivity contribution in [3.05, 3.63) is 36.0 Å². The molecule has 1 aromatic heterocycles. The first-order valence-electron chi connectivity index (χ1n) is 10.0. The predicted molar refractivity (Wildman–Crippen MR) is 118 cm³/mol. The fourth-order valence-electron chi connectivity index (χ4n) is 3.53. The number of rotatable bonds is 4. The molecular formula is C22H32N4OSi. The van der Waals surface area contributed by atoms with Crippen LogP contribution in [0, 0.1) is 11.3 Å². The third-order valence-electron chi connectivity index (χ3n) is 6.11. The molecule has 2 unspecified atom stereocenters. The van der Waals surface area contributed by atoms with Gasteiger partial charge in [0.15, 0.2) is 8.32 Å². The summed E-state index contributed by atoms with van der Waals surface area (Å²) in [6.45, 7) is 16.2. The minimum absolute atomic E-state index is 0.210. The van der Waals surface area contributed by atoms with Gasteiger partial charge in [-0.2, -0.15) is 5.26 Å². The zero-order valence-electron chi connectivity index (χ0n) is 17.9. The van der Waals surface area contributed by atoms with E-state index in [1.54, 1.807) is 6.20 Å². The molecule has 1 fully saturated rings. The monoisotopic (exact) mass is 396 g/mol. The number of pyridine rings is 1. The maximum absolute atomic E-state index is 9.41.